The topological polar surface area (TPSA) is 38.3 Å². The van der Waals surface area contributed by atoms with E-state index < -0.39 is 0 Å². The Kier molecular flexibility index (Phi) is 4.15. The maximum atomic E-state index is 12.3. The van der Waals surface area contributed by atoms with Gasteiger partial charge in [0.05, 0.1) is 12.4 Å². The molecule has 0 bridgehead atoms. The van der Waals surface area contributed by atoms with Gasteiger partial charge in [-0.2, -0.15) is 0 Å². The summed E-state index contributed by atoms with van der Waals surface area (Å²) in [5.41, 5.74) is 2.26. The number of carbonyl (C=O) groups is 1. The summed E-state index contributed by atoms with van der Waals surface area (Å²) in [7, 11) is 1.64. The van der Waals surface area contributed by atoms with E-state index in [9.17, 15) is 4.79 Å². The third kappa shape index (κ3) is 3.05. The van der Waals surface area contributed by atoms with E-state index in [1.54, 1.807) is 18.9 Å². The number of benzene rings is 2. The molecule has 3 rings (SSSR count). The van der Waals surface area contributed by atoms with Crippen molar-refractivity contribution in [3.8, 4) is 5.75 Å². The Morgan fingerprint density at radius 3 is 2.81 bits per heavy atom. The first-order valence-corrected chi connectivity index (χ1v) is 7.80. The standard InChI is InChI=1S/C17H17NO2S/c1-20-14-8-4-2-7-13(14)11-18-17(19)16-10-12-6-3-5-9-15(12)21-16/h2-9,16H,10-11H2,1H3,(H,18,19). The maximum absolute atomic E-state index is 12.3. The molecule has 1 amide bonds. The highest BCUT2D eigenvalue weighted by molar-refractivity contribution is 8.01. The molecule has 0 saturated carbocycles. The largest absolute Gasteiger partial charge is 0.496 e. The second-order valence-corrected chi connectivity index (χ2v) is 6.19. The van der Waals surface area contributed by atoms with Crippen LogP contribution in [0.25, 0.3) is 0 Å². The molecule has 1 atom stereocenters. The van der Waals surface area contributed by atoms with Crippen LogP contribution in [-0.2, 0) is 17.8 Å². The molecule has 0 radical (unpaired) electrons. The molecule has 108 valence electrons. The lowest BCUT2D eigenvalue weighted by Crippen LogP contribution is -2.32. The monoisotopic (exact) mass is 299 g/mol. The average molecular weight is 299 g/mol. The van der Waals surface area contributed by atoms with Crippen molar-refractivity contribution in [3.05, 3.63) is 59.7 Å². The summed E-state index contributed by atoms with van der Waals surface area (Å²) in [5.74, 6) is 0.891. The molecule has 0 aromatic heterocycles. The summed E-state index contributed by atoms with van der Waals surface area (Å²) in [6.45, 7) is 0.496. The van der Waals surface area contributed by atoms with Crippen LogP contribution in [0.4, 0.5) is 0 Å². The average Bonchev–Trinajstić information content (AvgIpc) is 2.97. The van der Waals surface area contributed by atoms with Crippen molar-refractivity contribution < 1.29 is 9.53 Å². The fourth-order valence-electron chi connectivity index (χ4n) is 2.47. The van der Waals surface area contributed by atoms with Crippen molar-refractivity contribution in [1.29, 1.82) is 0 Å². The molecule has 0 fully saturated rings. The van der Waals surface area contributed by atoms with Crippen LogP contribution in [0.5, 0.6) is 5.75 Å². The molecule has 4 heteroatoms. The number of ether oxygens (including phenoxy) is 1. The second kappa shape index (κ2) is 6.22. The van der Waals surface area contributed by atoms with Gasteiger partial charge in [0.2, 0.25) is 5.91 Å². The highest BCUT2D eigenvalue weighted by atomic mass is 32.2. The predicted octanol–water partition coefficient (Wildman–Crippen LogP) is 3.03. The van der Waals surface area contributed by atoms with Crippen molar-refractivity contribution in [2.24, 2.45) is 0 Å². The van der Waals surface area contributed by atoms with Gasteiger partial charge in [-0.25, -0.2) is 0 Å². The van der Waals surface area contributed by atoms with E-state index in [0.717, 1.165) is 17.7 Å². The molecule has 1 heterocycles. The highest BCUT2D eigenvalue weighted by Gasteiger charge is 2.27. The van der Waals surface area contributed by atoms with Crippen LogP contribution < -0.4 is 10.1 Å². The molecule has 1 N–H and O–H groups in total. The summed E-state index contributed by atoms with van der Waals surface area (Å²) in [4.78, 5) is 13.5. The Hall–Kier alpha value is -1.94. The van der Waals surface area contributed by atoms with Crippen molar-refractivity contribution >= 4 is 17.7 Å². The van der Waals surface area contributed by atoms with E-state index in [-0.39, 0.29) is 11.2 Å². The zero-order valence-electron chi connectivity index (χ0n) is 11.8. The van der Waals surface area contributed by atoms with Crippen molar-refractivity contribution in [3.63, 3.8) is 0 Å². The number of hydrogen-bond acceptors (Lipinski definition) is 3. The molecule has 3 nitrogen and oxygen atoms in total. The van der Waals surface area contributed by atoms with Gasteiger partial charge in [0, 0.05) is 17.0 Å². The quantitative estimate of drug-likeness (QED) is 0.943. The number of para-hydroxylation sites is 1. The van der Waals surface area contributed by atoms with Crippen LogP contribution in [0.15, 0.2) is 53.4 Å². The van der Waals surface area contributed by atoms with E-state index in [4.69, 9.17) is 4.74 Å². The fourth-order valence-corrected chi connectivity index (χ4v) is 3.69. The molecule has 0 aliphatic carbocycles. The van der Waals surface area contributed by atoms with Gasteiger partial charge in [-0.15, -0.1) is 11.8 Å². The van der Waals surface area contributed by atoms with E-state index in [1.165, 1.54) is 10.5 Å². The molecule has 1 aliphatic heterocycles. The van der Waals surface area contributed by atoms with E-state index in [0.29, 0.717) is 6.54 Å². The van der Waals surface area contributed by atoms with Gasteiger partial charge >= 0.3 is 0 Å². The summed E-state index contributed by atoms with van der Waals surface area (Å²) in [6, 6.07) is 16.0. The normalized spacial score (nSPS) is 16.3. The lowest BCUT2D eigenvalue weighted by Gasteiger charge is -2.12. The number of hydrogen-bond donors (Lipinski definition) is 1. The molecule has 1 aliphatic rings. The first kappa shape index (κ1) is 14.0. The van der Waals surface area contributed by atoms with Gasteiger partial charge in [-0.3, -0.25) is 4.79 Å². The maximum Gasteiger partial charge on any atom is 0.234 e. The number of amides is 1. The summed E-state index contributed by atoms with van der Waals surface area (Å²) >= 11 is 1.65. The Morgan fingerprint density at radius 2 is 2.00 bits per heavy atom. The summed E-state index contributed by atoms with van der Waals surface area (Å²) in [5, 5.41) is 2.98. The number of fused-ring (bicyclic) bond motifs is 1. The smallest absolute Gasteiger partial charge is 0.234 e. The van der Waals surface area contributed by atoms with Crippen LogP contribution in [0.3, 0.4) is 0 Å². The molecule has 2 aromatic rings. The molecule has 0 spiro atoms. The van der Waals surface area contributed by atoms with E-state index >= 15 is 0 Å². The van der Waals surface area contributed by atoms with Crippen LogP contribution in [0.1, 0.15) is 11.1 Å². The minimum Gasteiger partial charge on any atom is -0.496 e. The second-order valence-electron chi connectivity index (χ2n) is 4.95. The van der Waals surface area contributed by atoms with Gasteiger partial charge in [-0.05, 0) is 24.1 Å². The molecular formula is C17H17NO2S. The van der Waals surface area contributed by atoms with E-state index in [1.807, 2.05) is 36.4 Å². The number of nitrogens with one attached hydrogen (secondary N) is 1. The molecule has 0 saturated heterocycles. The lowest BCUT2D eigenvalue weighted by molar-refractivity contribution is -0.120. The van der Waals surface area contributed by atoms with Crippen molar-refractivity contribution in [2.75, 3.05) is 7.11 Å². The van der Waals surface area contributed by atoms with Gasteiger partial charge in [0.25, 0.3) is 0 Å². The Balaban J connectivity index is 1.61. The molecular weight excluding hydrogens is 282 g/mol. The van der Waals surface area contributed by atoms with Gasteiger partial charge in [0.15, 0.2) is 0 Å². The van der Waals surface area contributed by atoms with Crippen LogP contribution in [0.2, 0.25) is 0 Å². The summed E-state index contributed by atoms with van der Waals surface area (Å²) < 4.78 is 5.30. The van der Waals surface area contributed by atoms with Gasteiger partial charge in [0.1, 0.15) is 5.75 Å². The Labute approximate surface area is 128 Å². The van der Waals surface area contributed by atoms with Crippen LogP contribution >= 0.6 is 11.8 Å². The number of methoxy groups -OCH3 is 1. The van der Waals surface area contributed by atoms with Crippen LogP contribution in [-0.4, -0.2) is 18.3 Å². The zero-order valence-corrected chi connectivity index (χ0v) is 12.7. The zero-order chi connectivity index (χ0) is 14.7. The number of thioether (sulfide) groups is 1. The molecule has 2 aromatic carbocycles. The minimum absolute atomic E-state index is 0.0305. The first-order chi connectivity index (χ1) is 10.3. The first-order valence-electron chi connectivity index (χ1n) is 6.92. The SMILES string of the molecule is COc1ccccc1CNC(=O)C1Cc2ccccc2S1. The minimum atomic E-state index is -0.0305. The highest BCUT2D eigenvalue weighted by Crippen LogP contribution is 2.36. The van der Waals surface area contributed by atoms with Gasteiger partial charge in [-0.1, -0.05) is 36.4 Å². The summed E-state index contributed by atoms with van der Waals surface area (Å²) in [6.07, 6.45) is 0.804. The van der Waals surface area contributed by atoms with Crippen molar-refractivity contribution in [2.45, 2.75) is 23.1 Å². The fraction of sp³-hybridized carbons (Fsp3) is 0.235. The predicted molar refractivity (Wildman–Crippen MR) is 84.6 cm³/mol. The number of carbonyl (C=O) groups excluding carboxylic acids is 1. The Bertz CT molecular complexity index is 632. The molecule has 21 heavy (non-hydrogen) atoms. The van der Waals surface area contributed by atoms with Gasteiger partial charge < -0.3 is 10.1 Å². The molecule has 1 unspecified atom stereocenters. The van der Waals surface area contributed by atoms with Crippen LogP contribution in [0, 0.1) is 0 Å². The third-order valence-electron chi connectivity index (χ3n) is 3.59. The van der Waals surface area contributed by atoms with E-state index in [2.05, 4.69) is 17.4 Å². The lowest BCUT2D eigenvalue weighted by atomic mass is 10.1. The Morgan fingerprint density at radius 1 is 1.24 bits per heavy atom. The number of rotatable bonds is 4. The van der Waals surface area contributed by atoms with Crippen molar-refractivity contribution in [1.82, 2.24) is 5.32 Å². The third-order valence-corrected chi connectivity index (χ3v) is 4.90.